The highest BCUT2D eigenvalue weighted by atomic mass is 32.2. The molecule has 0 aliphatic carbocycles. The van der Waals surface area contributed by atoms with Crippen molar-refractivity contribution in [2.45, 2.75) is 43.3 Å². The maximum absolute atomic E-state index is 14.5. The van der Waals surface area contributed by atoms with Gasteiger partial charge in [0, 0.05) is 51.9 Å². The lowest BCUT2D eigenvalue weighted by atomic mass is 9.84. The minimum absolute atomic E-state index is 0.0213. The maximum atomic E-state index is 14.5. The molecule has 3 atom stereocenters. The zero-order valence-corrected chi connectivity index (χ0v) is 33.7. The summed E-state index contributed by atoms with van der Waals surface area (Å²) in [6, 6.07) is 33.2. The zero-order chi connectivity index (χ0) is 39.4. The molecule has 0 radical (unpaired) electrons. The lowest BCUT2D eigenvalue weighted by molar-refractivity contribution is -0.123. The SMILES string of the molecule is CC(C)CN(C(CO)c1ccc(CNC(=O)C(NC(=O)c2ccccc2)C(c2ccccc2)c2cn(C)c3ccccc23)s1)S(=O)(=O)c1ccc2ncsc2c1. The van der Waals surface area contributed by atoms with E-state index in [9.17, 15) is 23.1 Å². The third-order valence-electron chi connectivity index (χ3n) is 9.78. The first-order valence-corrected chi connectivity index (χ1v) is 21.5. The van der Waals surface area contributed by atoms with Crippen LogP contribution in [-0.2, 0) is 28.4 Å². The number of aromatic nitrogens is 2. The van der Waals surface area contributed by atoms with Crippen LogP contribution in [0.15, 0.2) is 132 Å². The van der Waals surface area contributed by atoms with Crippen molar-refractivity contribution in [1.82, 2.24) is 24.5 Å². The molecule has 3 N–H and O–H groups in total. The Kier molecular flexibility index (Phi) is 11.8. The van der Waals surface area contributed by atoms with E-state index >= 15 is 0 Å². The molecule has 4 aromatic carbocycles. The van der Waals surface area contributed by atoms with Crippen molar-refractivity contribution in [3.63, 3.8) is 0 Å². The molecule has 7 rings (SSSR count). The van der Waals surface area contributed by atoms with Gasteiger partial charge >= 0.3 is 0 Å². The summed E-state index contributed by atoms with van der Waals surface area (Å²) in [4.78, 5) is 34.1. The summed E-state index contributed by atoms with van der Waals surface area (Å²) in [5, 5.41) is 17.9. The molecule has 3 unspecified atom stereocenters. The third-order valence-corrected chi connectivity index (χ3v) is 13.6. The molecule has 13 heteroatoms. The fraction of sp³-hybridized carbons (Fsp3) is 0.233. The Labute approximate surface area is 334 Å². The van der Waals surface area contributed by atoms with Crippen molar-refractivity contribution in [2.75, 3.05) is 13.2 Å². The second-order valence-corrected chi connectivity index (χ2v) is 18.1. The second kappa shape index (κ2) is 16.9. The molecule has 2 amide bonds. The number of carbonyl (C=O) groups excluding carboxylic acids is 2. The lowest BCUT2D eigenvalue weighted by Crippen LogP contribution is -2.50. The number of benzene rings is 4. The van der Waals surface area contributed by atoms with E-state index in [1.807, 2.05) is 98.4 Å². The number of hydrogen-bond acceptors (Lipinski definition) is 8. The van der Waals surface area contributed by atoms with Gasteiger partial charge in [-0.1, -0.05) is 80.6 Å². The summed E-state index contributed by atoms with van der Waals surface area (Å²) in [6.45, 7) is 3.75. The standard InChI is InChI=1S/C43H43N5O5S3/c1-28(2)24-48(56(52,53)32-19-20-35-39(22-32)54-27-45-35)37(26-49)38-21-18-31(55-38)23-44-43(51)41(46-42(50)30-14-8-5-9-15-30)40(29-12-6-4-7-13-29)34-25-47(3)36-17-11-10-16-33(34)36/h4-22,25,27-28,37,40-41,49H,23-24,26H2,1-3H3,(H,44,51)(H,46,50). The second-order valence-electron chi connectivity index (χ2n) is 14.1. The Morgan fingerprint density at radius 1 is 0.911 bits per heavy atom. The van der Waals surface area contributed by atoms with Gasteiger partial charge in [0.1, 0.15) is 6.04 Å². The minimum atomic E-state index is -4.02. The number of aliphatic hydroxyl groups is 1. The van der Waals surface area contributed by atoms with E-state index in [1.165, 1.54) is 27.0 Å². The number of para-hydroxylation sites is 1. The van der Waals surface area contributed by atoms with Crippen LogP contribution < -0.4 is 10.6 Å². The first-order chi connectivity index (χ1) is 27.0. The molecular weight excluding hydrogens is 763 g/mol. The number of hydrogen-bond donors (Lipinski definition) is 3. The van der Waals surface area contributed by atoms with E-state index in [2.05, 4.69) is 15.6 Å². The summed E-state index contributed by atoms with van der Waals surface area (Å²) in [5.74, 6) is -1.33. The normalized spacial score (nSPS) is 13.6. The lowest BCUT2D eigenvalue weighted by Gasteiger charge is -2.30. The molecule has 10 nitrogen and oxygen atoms in total. The molecule has 0 aliphatic heterocycles. The Bertz CT molecular complexity index is 2570. The van der Waals surface area contributed by atoms with Gasteiger partial charge in [-0.3, -0.25) is 9.59 Å². The number of nitrogens with one attached hydrogen (secondary N) is 2. The Morgan fingerprint density at radius 2 is 1.62 bits per heavy atom. The van der Waals surface area contributed by atoms with E-state index in [0.29, 0.717) is 10.4 Å². The average Bonchev–Trinajstić information content (AvgIpc) is 3.96. The first-order valence-electron chi connectivity index (χ1n) is 18.3. The fourth-order valence-electron chi connectivity index (χ4n) is 7.11. The highest BCUT2D eigenvalue weighted by molar-refractivity contribution is 7.89. The molecule has 7 aromatic rings. The van der Waals surface area contributed by atoms with Gasteiger partial charge in [0.15, 0.2) is 0 Å². The molecular formula is C43H43N5O5S3. The highest BCUT2D eigenvalue weighted by Crippen LogP contribution is 2.36. The molecule has 0 bridgehead atoms. The molecule has 0 spiro atoms. The number of rotatable bonds is 15. The number of thiazole rings is 1. The number of sulfonamides is 1. The van der Waals surface area contributed by atoms with Crippen molar-refractivity contribution >= 4 is 65.6 Å². The summed E-state index contributed by atoms with van der Waals surface area (Å²) in [7, 11) is -2.05. The van der Waals surface area contributed by atoms with Crippen LogP contribution >= 0.6 is 22.7 Å². The number of aryl methyl sites for hydroxylation is 1. The van der Waals surface area contributed by atoms with Crippen LogP contribution in [0.5, 0.6) is 0 Å². The number of amides is 2. The summed E-state index contributed by atoms with van der Waals surface area (Å²) >= 11 is 2.70. The Morgan fingerprint density at radius 3 is 2.36 bits per heavy atom. The van der Waals surface area contributed by atoms with Crippen LogP contribution in [0.1, 0.15) is 57.0 Å². The van der Waals surface area contributed by atoms with Crippen LogP contribution in [0.3, 0.4) is 0 Å². The van der Waals surface area contributed by atoms with Crippen LogP contribution in [0.2, 0.25) is 0 Å². The molecule has 0 fully saturated rings. The maximum Gasteiger partial charge on any atom is 0.251 e. The number of aliphatic hydroxyl groups excluding tert-OH is 1. The van der Waals surface area contributed by atoms with Gasteiger partial charge in [0.05, 0.1) is 39.8 Å². The summed E-state index contributed by atoms with van der Waals surface area (Å²) < 4.78 is 32.5. The molecule has 288 valence electrons. The number of carbonyl (C=O) groups is 2. The van der Waals surface area contributed by atoms with E-state index in [4.69, 9.17) is 0 Å². The van der Waals surface area contributed by atoms with E-state index in [-0.39, 0.29) is 35.7 Å². The predicted octanol–water partition coefficient (Wildman–Crippen LogP) is 7.48. The Hall–Kier alpha value is -5.18. The van der Waals surface area contributed by atoms with E-state index < -0.39 is 34.6 Å². The average molecular weight is 806 g/mol. The molecule has 56 heavy (non-hydrogen) atoms. The van der Waals surface area contributed by atoms with Gasteiger partial charge in [0.25, 0.3) is 5.91 Å². The number of thiophene rings is 1. The van der Waals surface area contributed by atoms with Gasteiger partial charge in [0.2, 0.25) is 15.9 Å². The topological polar surface area (TPSA) is 134 Å². The van der Waals surface area contributed by atoms with Crippen molar-refractivity contribution < 1.29 is 23.1 Å². The minimum Gasteiger partial charge on any atom is -0.394 e. The summed E-state index contributed by atoms with van der Waals surface area (Å²) in [5.41, 5.74) is 5.60. The van der Waals surface area contributed by atoms with Crippen molar-refractivity contribution in [1.29, 1.82) is 0 Å². The van der Waals surface area contributed by atoms with Gasteiger partial charge in [-0.15, -0.1) is 22.7 Å². The predicted molar refractivity (Wildman–Crippen MR) is 223 cm³/mol. The van der Waals surface area contributed by atoms with E-state index in [0.717, 1.165) is 37.1 Å². The third kappa shape index (κ3) is 8.18. The molecule has 0 saturated heterocycles. The van der Waals surface area contributed by atoms with Crippen molar-refractivity contribution in [3.8, 4) is 0 Å². The van der Waals surface area contributed by atoms with Crippen LogP contribution in [0.4, 0.5) is 0 Å². The number of nitrogens with zero attached hydrogens (tertiary/aromatic N) is 3. The largest absolute Gasteiger partial charge is 0.394 e. The van der Waals surface area contributed by atoms with Gasteiger partial charge in [-0.05, 0) is 65.6 Å². The van der Waals surface area contributed by atoms with Crippen LogP contribution in [-0.4, -0.2) is 58.4 Å². The molecule has 0 aliphatic rings. The van der Waals surface area contributed by atoms with Crippen LogP contribution in [0, 0.1) is 5.92 Å². The molecule has 3 heterocycles. The van der Waals surface area contributed by atoms with Gasteiger partial charge < -0.3 is 20.3 Å². The van der Waals surface area contributed by atoms with Gasteiger partial charge in [-0.25, -0.2) is 13.4 Å². The smallest absolute Gasteiger partial charge is 0.251 e. The highest BCUT2D eigenvalue weighted by Gasteiger charge is 2.36. The fourth-order valence-corrected chi connectivity index (χ4v) is 10.8. The quantitative estimate of drug-likeness (QED) is 0.0985. The zero-order valence-electron chi connectivity index (χ0n) is 31.2. The molecule has 0 saturated carbocycles. The van der Waals surface area contributed by atoms with Crippen LogP contribution in [0.25, 0.3) is 21.1 Å². The van der Waals surface area contributed by atoms with Gasteiger partial charge in [-0.2, -0.15) is 4.31 Å². The van der Waals surface area contributed by atoms with Crippen molar-refractivity contribution in [3.05, 3.63) is 153 Å². The first kappa shape index (κ1) is 39.1. The molecule has 3 aromatic heterocycles. The monoisotopic (exact) mass is 805 g/mol. The van der Waals surface area contributed by atoms with E-state index in [1.54, 1.807) is 54.0 Å². The summed E-state index contributed by atoms with van der Waals surface area (Å²) in [6.07, 6.45) is 2.02. The van der Waals surface area contributed by atoms with Crippen molar-refractivity contribution in [2.24, 2.45) is 13.0 Å². The Balaban J connectivity index is 1.19. The number of fused-ring (bicyclic) bond motifs is 2.